The number of rotatable bonds is 8. The van der Waals surface area contributed by atoms with Crippen LogP contribution >= 0.6 is 11.8 Å². The number of methoxy groups -OCH3 is 1. The predicted octanol–water partition coefficient (Wildman–Crippen LogP) is 4.34. The third-order valence-corrected chi connectivity index (χ3v) is 5.37. The zero-order chi connectivity index (χ0) is 22.0. The fraction of sp³-hybridized carbons (Fsp3) is 0.263. The van der Waals surface area contributed by atoms with E-state index in [9.17, 15) is 8.78 Å². The summed E-state index contributed by atoms with van der Waals surface area (Å²) in [7, 11) is 3.22. The third kappa shape index (κ3) is 4.38. The molecule has 0 N–H and O–H groups in total. The molecular formula is C19H17F2N5O4S. The quantitative estimate of drug-likeness (QED) is 0.364. The van der Waals surface area contributed by atoms with Gasteiger partial charge in [0.2, 0.25) is 11.7 Å². The van der Waals surface area contributed by atoms with Crippen LogP contribution in [0.15, 0.2) is 44.6 Å². The number of halogens is 2. The Balaban J connectivity index is 1.47. The molecule has 0 aliphatic rings. The van der Waals surface area contributed by atoms with E-state index < -0.39 is 6.61 Å². The van der Waals surface area contributed by atoms with E-state index in [-0.39, 0.29) is 11.5 Å². The third-order valence-electron chi connectivity index (χ3n) is 4.37. The Morgan fingerprint density at radius 2 is 2.03 bits per heavy atom. The Labute approximate surface area is 179 Å². The number of thioether (sulfide) groups is 1. The second-order valence-corrected chi connectivity index (χ2v) is 7.24. The lowest BCUT2D eigenvalue weighted by atomic mass is 10.2. The number of furan rings is 1. The molecule has 0 unspecified atom stereocenters. The van der Waals surface area contributed by atoms with Gasteiger partial charge in [-0.15, -0.1) is 10.2 Å². The van der Waals surface area contributed by atoms with Crippen molar-refractivity contribution >= 4 is 11.8 Å². The van der Waals surface area contributed by atoms with Gasteiger partial charge in [-0.05, 0) is 31.2 Å². The normalized spacial score (nSPS) is 11.3. The average molecular weight is 449 g/mol. The van der Waals surface area contributed by atoms with Gasteiger partial charge in [0, 0.05) is 12.6 Å². The Morgan fingerprint density at radius 3 is 2.74 bits per heavy atom. The Kier molecular flexibility index (Phi) is 5.89. The summed E-state index contributed by atoms with van der Waals surface area (Å²) in [4.78, 5) is 4.35. The minimum atomic E-state index is -2.95. The van der Waals surface area contributed by atoms with Crippen LogP contribution in [-0.4, -0.2) is 38.6 Å². The minimum Gasteiger partial charge on any atom is -0.493 e. The second-order valence-electron chi connectivity index (χ2n) is 6.30. The van der Waals surface area contributed by atoms with E-state index in [1.54, 1.807) is 12.3 Å². The monoisotopic (exact) mass is 449 g/mol. The van der Waals surface area contributed by atoms with Crippen molar-refractivity contribution in [2.45, 2.75) is 24.4 Å². The van der Waals surface area contributed by atoms with Crippen LogP contribution in [0.4, 0.5) is 8.78 Å². The SMILES string of the molecule is COc1cc(-c2noc(CSc3nnc(-c4ccoc4C)n3C)n2)ccc1OC(F)F. The van der Waals surface area contributed by atoms with Crippen LogP contribution in [0.25, 0.3) is 22.8 Å². The highest BCUT2D eigenvalue weighted by Gasteiger charge is 2.18. The zero-order valence-corrected chi connectivity index (χ0v) is 17.5. The number of ether oxygens (including phenoxy) is 2. The molecule has 0 aliphatic heterocycles. The van der Waals surface area contributed by atoms with Gasteiger partial charge in [-0.3, -0.25) is 0 Å². The summed E-state index contributed by atoms with van der Waals surface area (Å²) in [6.07, 6.45) is 1.60. The first-order valence-corrected chi connectivity index (χ1v) is 9.97. The highest BCUT2D eigenvalue weighted by atomic mass is 32.2. The standard InChI is InChI=1S/C19H17F2N5O4S/c1-10-12(6-7-28-10)17-23-24-19(26(17)2)31-9-15-22-16(25-30-15)11-4-5-13(29-18(20)21)14(8-11)27-3/h4-8,18H,9H2,1-3H3. The molecule has 1 aromatic carbocycles. The molecule has 4 aromatic rings. The predicted molar refractivity (Wildman–Crippen MR) is 106 cm³/mol. The maximum Gasteiger partial charge on any atom is 0.387 e. The van der Waals surface area contributed by atoms with Gasteiger partial charge in [0.1, 0.15) is 5.76 Å². The number of hydrogen-bond donors (Lipinski definition) is 0. The molecule has 12 heteroatoms. The van der Waals surface area contributed by atoms with E-state index in [1.165, 1.54) is 31.0 Å². The lowest BCUT2D eigenvalue weighted by molar-refractivity contribution is -0.0512. The lowest BCUT2D eigenvalue weighted by Gasteiger charge is -2.10. The van der Waals surface area contributed by atoms with Gasteiger partial charge in [0.25, 0.3) is 0 Å². The summed E-state index contributed by atoms with van der Waals surface area (Å²) in [5.41, 5.74) is 1.41. The smallest absolute Gasteiger partial charge is 0.387 e. The number of aryl methyl sites for hydroxylation is 1. The van der Waals surface area contributed by atoms with Crippen LogP contribution in [-0.2, 0) is 12.8 Å². The molecule has 0 saturated heterocycles. The molecule has 162 valence electrons. The van der Waals surface area contributed by atoms with Crippen LogP contribution in [0.5, 0.6) is 11.5 Å². The summed E-state index contributed by atoms with van der Waals surface area (Å²) < 4.78 is 47.0. The van der Waals surface area contributed by atoms with Crippen molar-refractivity contribution in [2.75, 3.05) is 7.11 Å². The highest BCUT2D eigenvalue weighted by molar-refractivity contribution is 7.98. The molecule has 0 saturated carbocycles. The van der Waals surface area contributed by atoms with Gasteiger partial charge >= 0.3 is 6.61 Å². The highest BCUT2D eigenvalue weighted by Crippen LogP contribution is 2.33. The molecule has 9 nitrogen and oxygen atoms in total. The first kappa shape index (κ1) is 20.8. The summed E-state index contributed by atoms with van der Waals surface area (Å²) in [6.45, 7) is -1.09. The summed E-state index contributed by atoms with van der Waals surface area (Å²) >= 11 is 1.38. The zero-order valence-electron chi connectivity index (χ0n) is 16.7. The van der Waals surface area contributed by atoms with E-state index in [2.05, 4.69) is 25.1 Å². The molecule has 31 heavy (non-hydrogen) atoms. The molecule has 3 aromatic heterocycles. The molecule has 0 fully saturated rings. The summed E-state index contributed by atoms with van der Waals surface area (Å²) in [5.74, 6) is 2.55. The Morgan fingerprint density at radius 1 is 1.19 bits per heavy atom. The van der Waals surface area contributed by atoms with Gasteiger partial charge in [0.15, 0.2) is 22.5 Å². The van der Waals surface area contributed by atoms with Crippen molar-refractivity contribution in [3.63, 3.8) is 0 Å². The molecule has 0 spiro atoms. The van der Waals surface area contributed by atoms with Crippen LogP contribution in [0, 0.1) is 6.92 Å². The van der Waals surface area contributed by atoms with Crippen molar-refractivity contribution in [1.29, 1.82) is 0 Å². The van der Waals surface area contributed by atoms with Gasteiger partial charge in [-0.2, -0.15) is 13.8 Å². The fourth-order valence-corrected chi connectivity index (χ4v) is 3.60. The van der Waals surface area contributed by atoms with Crippen LogP contribution in [0.2, 0.25) is 0 Å². The van der Waals surface area contributed by atoms with E-state index in [0.717, 1.165) is 11.3 Å². The van der Waals surface area contributed by atoms with Gasteiger partial charge in [-0.25, -0.2) is 0 Å². The van der Waals surface area contributed by atoms with Crippen molar-refractivity contribution in [1.82, 2.24) is 24.9 Å². The number of benzene rings is 1. The van der Waals surface area contributed by atoms with Crippen molar-refractivity contribution in [3.05, 3.63) is 42.2 Å². The molecule has 0 bridgehead atoms. The van der Waals surface area contributed by atoms with Crippen LogP contribution in [0.1, 0.15) is 11.7 Å². The first-order valence-electron chi connectivity index (χ1n) is 8.98. The van der Waals surface area contributed by atoms with Crippen molar-refractivity contribution < 1.29 is 27.2 Å². The fourth-order valence-electron chi connectivity index (χ4n) is 2.85. The summed E-state index contributed by atoms with van der Waals surface area (Å²) in [5, 5.41) is 13.0. The molecular weight excluding hydrogens is 432 g/mol. The molecule has 0 atom stereocenters. The topological polar surface area (TPSA) is 101 Å². The first-order chi connectivity index (χ1) is 15.0. The van der Waals surface area contributed by atoms with Gasteiger partial charge < -0.3 is 23.0 Å². The second kappa shape index (κ2) is 8.76. The molecule has 4 rings (SSSR count). The Hall–Kier alpha value is -3.41. The molecule has 3 heterocycles. The molecule has 0 amide bonds. The van der Waals surface area contributed by atoms with Gasteiger partial charge in [-0.1, -0.05) is 16.9 Å². The van der Waals surface area contributed by atoms with Crippen molar-refractivity contribution in [2.24, 2.45) is 7.05 Å². The van der Waals surface area contributed by atoms with Crippen LogP contribution < -0.4 is 9.47 Å². The van der Waals surface area contributed by atoms with E-state index in [0.29, 0.717) is 34.0 Å². The minimum absolute atomic E-state index is 0.0773. The van der Waals surface area contributed by atoms with Crippen LogP contribution in [0.3, 0.4) is 0 Å². The number of hydrogen-bond acceptors (Lipinski definition) is 9. The summed E-state index contributed by atoms with van der Waals surface area (Å²) in [6, 6.07) is 6.25. The van der Waals surface area contributed by atoms with E-state index >= 15 is 0 Å². The largest absolute Gasteiger partial charge is 0.493 e. The maximum absolute atomic E-state index is 12.5. The number of aromatic nitrogens is 5. The molecule has 0 aliphatic carbocycles. The maximum atomic E-state index is 12.5. The van der Waals surface area contributed by atoms with Crippen molar-refractivity contribution in [3.8, 4) is 34.3 Å². The molecule has 0 radical (unpaired) electrons. The van der Waals surface area contributed by atoms with E-state index in [1.807, 2.05) is 24.6 Å². The average Bonchev–Trinajstić information content (AvgIpc) is 3.47. The number of nitrogens with zero attached hydrogens (tertiary/aromatic N) is 5. The Bertz CT molecular complexity index is 1190. The number of alkyl halides is 2. The van der Waals surface area contributed by atoms with Gasteiger partial charge in [0.05, 0.1) is 24.7 Å². The lowest BCUT2D eigenvalue weighted by Crippen LogP contribution is -2.03. The van der Waals surface area contributed by atoms with E-state index in [4.69, 9.17) is 13.7 Å².